The van der Waals surface area contributed by atoms with Gasteiger partial charge < -0.3 is 35.1 Å². The standard InChI is InChI=1S/C43H44ClFN4O5/c1-28-32(18-40(45)33-10-11-34(24-47-12-14-50)41(19-33)52-3)6-4-8-37(28)38-9-5-7-35(29(38)2)27-54-43-20-42(36(17-39(43)44)25-48-13-15-51)53-26-31-16-30(21-46)22-49-23-31/h4-11,16-20,22-23,47-48,50-51H,12-15,24-27H2,1-3H3/b40-18-. The molecule has 0 aliphatic carbocycles. The zero-order valence-corrected chi connectivity index (χ0v) is 31.3. The average molecular weight is 751 g/mol. The number of aromatic nitrogens is 1. The molecule has 0 amide bonds. The van der Waals surface area contributed by atoms with Crippen LogP contribution in [0.3, 0.4) is 0 Å². The Kier molecular flexibility index (Phi) is 14.6. The molecule has 9 nitrogen and oxygen atoms in total. The van der Waals surface area contributed by atoms with E-state index in [4.69, 9.17) is 30.9 Å². The number of pyridine rings is 1. The van der Waals surface area contributed by atoms with E-state index in [1.807, 2.05) is 56.3 Å². The van der Waals surface area contributed by atoms with Gasteiger partial charge in [0.2, 0.25) is 0 Å². The van der Waals surface area contributed by atoms with Gasteiger partial charge in [0.25, 0.3) is 0 Å². The van der Waals surface area contributed by atoms with Crippen LogP contribution in [0.15, 0.2) is 85.2 Å². The van der Waals surface area contributed by atoms with Gasteiger partial charge in [-0.25, -0.2) is 4.39 Å². The van der Waals surface area contributed by atoms with E-state index in [9.17, 15) is 10.4 Å². The van der Waals surface area contributed by atoms with Crippen molar-refractivity contribution in [2.45, 2.75) is 40.2 Å². The zero-order chi connectivity index (χ0) is 38.5. The Morgan fingerprint density at radius 1 is 0.815 bits per heavy atom. The van der Waals surface area contributed by atoms with Gasteiger partial charge >= 0.3 is 0 Å². The summed E-state index contributed by atoms with van der Waals surface area (Å²) in [6, 6.07) is 24.5. The highest BCUT2D eigenvalue weighted by Crippen LogP contribution is 2.36. The number of nitrogens with zero attached hydrogens (tertiary/aromatic N) is 2. The molecule has 1 aromatic heterocycles. The molecule has 1 heterocycles. The molecule has 0 saturated heterocycles. The van der Waals surface area contributed by atoms with E-state index in [0.29, 0.717) is 59.6 Å². The van der Waals surface area contributed by atoms with Crippen molar-refractivity contribution in [1.29, 1.82) is 5.26 Å². The van der Waals surface area contributed by atoms with Gasteiger partial charge in [0.05, 0.1) is 30.9 Å². The predicted octanol–water partition coefficient (Wildman–Crippen LogP) is 7.69. The quantitative estimate of drug-likeness (QED) is 0.0527. The van der Waals surface area contributed by atoms with E-state index in [2.05, 4.69) is 21.7 Å². The summed E-state index contributed by atoms with van der Waals surface area (Å²) in [6.45, 7) is 6.22. The molecule has 0 unspecified atom stereocenters. The van der Waals surface area contributed by atoms with Gasteiger partial charge in [-0.15, -0.1) is 0 Å². The number of benzene rings is 4. The molecule has 54 heavy (non-hydrogen) atoms. The molecule has 11 heteroatoms. The number of halogens is 2. The molecule has 4 aromatic carbocycles. The van der Waals surface area contributed by atoms with Crippen LogP contribution in [0.2, 0.25) is 5.02 Å². The molecular weight excluding hydrogens is 707 g/mol. The molecule has 0 aliphatic rings. The summed E-state index contributed by atoms with van der Waals surface area (Å²) in [5, 5.41) is 34.3. The minimum atomic E-state index is -0.384. The minimum Gasteiger partial charge on any atom is -0.496 e. The van der Waals surface area contributed by atoms with Crippen molar-refractivity contribution in [3.8, 4) is 34.4 Å². The lowest BCUT2D eigenvalue weighted by Crippen LogP contribution is -2.18. The Bertz CT molecular complexity index is 2130. The van der Waals surface area contributed by atoms with Crippen molar-refractivity contribution >= 4 is 23.5 Å². The maximum atomic E-state index is 15.7. The normalized spacial score (nSPS) is 11.3. The molecule has 280 valence electrons. The first-order valence-electron chi connectivity index (χ1n) is 17.5. The smallest absolute Gasteiger partial charge is 0.142 e. The summed E-state index contributed by atoms with van der Waals surface area (Å²) in [4.78, 5) is 4.12. The maximum absolute atomic E-state index is 15.7. The predicted molar refractivity (Wildman–Crippen MR) is 210 cm³/mol. The van der Waals surface area contributed by atoms with E-state index in [1.54, 1.807) is 49.7 Å². The third kappa shape index (κ3) is 10.2. The van der Waals surface area contributed by atoms with Crippen LogP contribution in [0, 0.1) is 25.2 Å². The van der Waals surface area contributed by atoms with Crippen molar-refractivity contribution in [3.05, 3.63) is 140 Å². The van der Waals surface area contributed by atoms with Gasteiger partial charge in [-0.2, -0.15) is 5.26 Å². The number of ether oxygens (including phenoxy) is 3. The topological polar surface area (TPSA) is 129 Å². The number of methoxy groups -OCH3 is 1. The second-order valence-electron chi connectivity index (χ2n) is 12.6. The van der Waals surface area contributed by atoms with Crippen LogP contribution in [-0.4, -0.2) is 48.6 Å². The van der Waals surface area contributed by atoms with E-state index in [-0.39, 0.29) is 32.3 Å². The summed E-state index contributed by atoms with van der Waals surface area (Å²) in [5.41, 5.74) is 8.86. The first-order valence-corrected chi connectivity index (χ1v) is 17.9. The Labute approximate surface area is 320 Å². The fraction of sp³-hybridized carbons (Fsp3) is 0.256. The van der Waals surface area contributed by atoms with E-state index in [0.717, 1.165) is 50.1 Å². The van der Waals surface area contributed by atoms with Gasteiger partial charge in [0.1, 0.15) is 42.4 Å². The van der Waals surface area contributed by atoms with Gasteiger partial charge in [-0.05, 0) is 71.5 Å². The molecule has 4 N–H and O–H groups in total. The largest absolute Gasteiger partial charge is 0.496 e. The minimum absolute atomic E-state index is 0.0103. The number of rotatable bonds is 18. The molecule has 0 spiro atoms. The average Bonchev–Trinajstić information content (AvgIpc) is 3.18. The number of aliphatic hydroxyl groups excluding tert-OH is 2. The lowest BCUT2D eigenvalue weighted by Gasteiger charge is -2.18. The first kappa shape index (κ1) is 39.9. The lowest BCUT2D eigenvalue weighted by atomic mass is 9.91. The van der Waals surface area contributed by atoms with Crippen molar-refractivity contribution in [1.82, 2.24) is 15.6 Å². The third-order valence-corrected chi connectivity index (χ3v) is 9.28. The lowest BCUT2D eigenvalue weighted by molar-refractivity contribution is 0.282. The van der Waals surface area contributed by atoms with Gasteiger partial charge in [-0.1, -0.05) is 60.1 Å². The highest BCUT2D eigenvalue weighted by molar-refractivity contribution is 6.32. The highest BCUT2D eigenvalue weighted by Gasteiger charge is 2.16. The van der Waals surface area contributed by atoms with Crippen LogP contribution >= 0.6 is 11.6 Å². The fourth-order valence-electron chi connectivity index (χ4n) is 6.00. The molecule has 0 fully saturated rings. The van der Waals surface area contributed by atoms with Crippen LogP contribution < -0.4 is 24.8 Å². The molecule has 5 rings (SSSR count). The fourth-order valence-corrected chi connectivity index (χ4v) is 6.24. The molecule has 0 radical (unpaired) electrons. The van der Waals surface area contributed by atoms with Crippen LogP contribution in [0.25, 0.3) is 23.0 Å². The van der Waals surface area contributed by atoms with Gasteiger partial charge in [-0.3, -0.25) is 4.98 Å². The molecular formula is C43H44ClFN4O5. The second-order valence-corrected chi connectivity index (χ2v) is 13.0. The van der Waals surface area contributed by atoms with E-state index >= 15 is 4.39 Å². The summed E-state index contributed by atoms with van der Waals surface area (Å²) in [5.74, 6) is 1.17. The summed E-state index contributed by atoms with van der Waals surface area (Å²) in [6.07, 6.45) is 4.69. The number of nitriles is 1. The van der Waals surface area contributed by atoms with Crippen LogP contribution in [0.5, 0.6) is 17.2 Å². The molecule has 0 saturated carbocycles. The van der Waals surface area contributed by atoms with E-state index < -0.39 is 0 Å². The first-order chi connectivity index (χ1) is 26.3. The second kappa shape index (κ2) is 19.7. The summed E-state index contributed by atoms with van der Waals surface area (Å²) >= 11 is 6.72. The van der Waals surface area contributed by atoms with Crippen LogP contribution in [0.4, 0.5) is 4.39 Å². The molecule has 0 bridgehead atoms. The summed E-state index contributed by atoms with van der Waals surface area (Å²) < 4.78 is 33.7. The van der Waals surface area contributed by atoms with Crippen molar-refractivity contribution in [2.75, 3.05) is 33.4 Å². The molecule has 0 atom stereocenters. The Morgan fingerprint density at radius 2 is 1.52 bits per heavy atom. The number of nitrogens with one attached hydrogen (secondary N) is 2. The monoisotopic (exact) mass is 750 g/mol. The van der Waals surface area contributed by atoms with Crippen LogP contribution in [-0.2, 0) is 26.3 Å². The van der Waals surface area contributed by atoms with Crippen LogP contribution in [0.1, 0.15) is 50.1 Å². The van der Waals surface area contributed by atoms with Gasteiger partial charge in [0, 0.05) is 66.9 Å². The highest BCUT2D eigenvalue weighted by atomic mass is 35.5. The zero-order valence-electron chi connectivity index (χ0n) is 30.6. The molecule has 0 aliphatic heterocycles. The van der Waals surface area contributed by atoms with E-state index in [1.165, 1.54) is 6.20 Å². The Morgan fingerprint density at radius 3 is 2.24 bits per heavy atom. The SMILES string of the molecule is COc1cc(/C(F)=C/c2cccc(-c3cccc(COc4cc(OCc5cncc(C#N)c5)c(CNCCO)cc4Cl)c3C)c2C)ccc1CNCCO. The van der Waals surface area contributed by atoms with Crippen molar-refractivity contribution in [2.24, 2.45) is 0 Å². The number of aliphatic hydroxyl groups is 2. The Hall–Kier alpha value is -5.28. The Balaban J connectivity index is 1.36. The summed E-state index contributed by atoms with van der Waals surface area (Å²) in [7, 11) is 1.56. The number of hydrogen-bond donors (Lipinski definition) is 4. The maximum Gasteiger partial charge on any atom is 0.142 e. The van der Waals surface area contributed by atoms with Crippen molar-refractivity contribution in [3.63, 3.8) is 0 Å². The van der Waals surface area contributed by atoms with Crippen molar-refractivity contribution < 1.29 is 28.8 Å². The van der Waals surface area contributed by atoms with Gasteiger partial charge in [0.15, 0.2) is 0 Å². The number of hydrogen-bond acceptors (Lipinski definition) is 9. The third-order valence-electron chi connectivity index (χ3n) is 8.98. The molecule has 5 aromatic rings.